The van der Waals surface area contributed by atoms with Crippen LogP contribution in [-0.4, -0.2) is 37.4 Å². The van der Waals surface area contributed by atoms with Crippen LogP contribution in [0.4, 0.5) is 0 Å². The van der Waals surface area contributed by atoms with Gasteiger partial charge in [-0.3, -0.25) is 4.90 Å². The molecule has 3 atom stereocenters. The van der Waals surface area contributed by atoms with E-state index >= 15 is 0 Å². The minimum atomic E-state index is 0.129. The van der Waals surface area contributed by atoms with Crippen LogP contribution in [0.2, 0.25) is 0 Å². The average molecular weight is 313 g/mol. The van der Waals surface area contributed by atoms with E-state index in [9.17, 15) is 0 Å². The zero-order valence-corrected chi connectivity index (χ0v) is 13.8. The van der Waals surface area contributed by atoms with E-state index in [0.717, 1.165) is 30.2 Å². The molecule has 1 fully saturated rings. The molecular formula is C19H23NO3. The molecule has 3 heterocycles. The SMILES string of the molecule is COC1=CC23CCCN2CCc2cc4c(cc2C3C1C)OCO4. The van der Waals surface area contributed by atoms with Gasteiger partial charge < -0.3 is 14.2 Å². The molecule has 0 bridgehead atoms. The first kappa shape index (κ1) is 13.7. The normalized spacial score (nSPS) is 34.4. The lowest BCUT2D eigenvalue weighted by atomic mass is 9.75. The monoisotopic (exact) mass is 313 g/mol. The number of hydrogen-bond donors (Lipinski definition) is 0. The van der Waals surface area contributed by atoms with Crippen molar-refractivity contribution in [3.8, 4) is 11.5 Å². The summed E-state index contributed by atoms with van der Waals surface area (Å²) in [6.45, 7) is 4.96. The second-order valence-electron chi connectivity index (χ2n) is 7.25. The van der Waals surface area contributed by atoms with Crippen molar-refractivity contribution >= 4 is 0 Å². The first-order valence-corrected chi connectivity index (χ1v) is 8.67. The molecule has 1 saturated heterocycles. The molecule has 1 aromatic carbocycles. The summed E-state index contributed by atoms with van der Waals surface area (Å²) in [7, 11) is 1.81. The summed E-state index contributed by atoms with van der Waals surface area (Å²) >= 11 is 0. The highest BCUT2D eigenvalue weighted by Crippen LogP contribution is 2.56. The molecule has 3 unspecified atom stereocenters. The largest absolute Gasteiger partial charge is 0.501 e. The van der Waals surface area contributed by atoms with E-state index in [1.807, 2.05) is 7.11 Å². The second kappa shape index (κ2) is 4.67. The van der Waals surface area contributed by atoms with Crippen LogP contribution in [0.15, 0.2) is 24.0 Å². The number of allylic oxidation sites excluding steroid dienone is 1. The summed E-state index contributed by atoms with van der Waals surface area (Å²) in [5.74, 6) is 3.81. The maximum Gasteiger partial charge on any atom is 0.231 e. The lowest BCUT2D eigenvalue weighted by Crippen LogP contribution is -2.45. The Morgan fingerprint density at radius 1 is 1.22 bits per heavy atom. The zero-order chi connectivity index (χ0) is 15.6. The molecule has 0 radical (unpaired) electrons. The molecule has 1 spiro atoms. The average Bonchev–Trinajstić information content (AvgIpc) is 3.21. The van der Waals surface area contributed by atoms with Gasteiger partial charge >= 0.3 is 0 Å². The molecule has 1 aliphatic carbocycles. The molecule has 3 aliphatic heterocycles. The van der Waals surface area contributed by atoms with Gasteiger partial charge in [0.2, 0.25) is 6.79 Å². The van der Waals surface area contributed by atoms with Crippen molar-refractivity contribution in [2.45, 2.75) is 37.6 Å². The fourth-order valence-corrected chi connectivity index (χ4v) is 5.36. The maximum atomic E-state index is 5.75. The Bertz CT molecular complexity index is 698. The van der Waals surface area contributed by atoms with Gasteiger partial charge in [-0.1, -0.05) is 6.92 Å². The topological polar surface area (TPSA) is 30.9 Å². The molecule has 4 aliphatic rings. The van der Waals surface area contributed by atoms with Crippen molar-refractivity contribution < 1.29 is 14.2 Å². The van der Waals surface area contributed by atoms with E-state index in [1.54, 1.807) is 0 Å². The van der Waals surface area contributed by atoms with Gasteiger partial charge in [0.05, 0.1) is 18.4 Å². The summed E-state index contributed by atoms with van der Waals surface area (Å²) in [5, 5.41) is 0. The highest BCUT2D eigenvalue weighted by Gasteiger charge is 2.55. The van der Waals surface area contributed by atoms with Crippen molar-refractivity contribution in [1.82, 2.24) is 4.90 Å². The van der Waals surface area contributed by atoms with Gasteiger partial charge in [-0.25, -0.2) is 0 Å². The van der Waals surface area contributed by atoms with E-state index in [0.29, 0.717) is 18.6 Å². The minimum absolute atomic E-state index is 0.129. The zero-order valence-electron chi connectivity index (χ0n) is 13.8. The highest BCUT2D eigenvalue weighted by molar-refractivity contribution is 5.53. The maximum absolute atomic E-state index is 5.75. The Balaban J connectivity index is 1.70. The van der Waals surface area contributed by atoms with Crippen LogP contribution in [0.5, 0.6) is 11.5 Å². The summed E-state index contributed by atoms with van der Waals surface area (Å²) in [6.07, 6.45) is 6.02. The van der Waals surface area contributed by atoms with E-state index in [2.05, 4.69) is 30.0 Å². The number of nitrogens with zero attached hydrogens (tertiary/aromatic N) is 1. The Hall–Kier alpha value is -1.68. The first-order valence-electron chi connectivity index (χ1n) is 8.67. The molecule has 0 amide bonds. The fourth-order valence-electron chi connectivity index (χ4n) is 5.36. The summed E-state index contributed by atoms with van der Waals surface area (Å²) < 4.78 is 17.0. The van der Waals surface area contributed by atoms with E-state index in [4.69, 9.17) is 14.2 Å². The third kappa shape index (κ3) is 1.70. The molecule has 5 rings (SSSR count). The van der Waals surface area contributed by atoms with Crippen LogP contribution in [0.25, 0.3) is 0 Å². The molecule has 1 aromatic rings. The lowest BCUT2D eigenvalue weighted by Gasteiger charge is -2.39. The van der Waals surface area contributed by atoms with Crippen molar-refractivity contribution in [3.05, 3.63) is 35.1 Å². The van der Waals surface area contributed by atoms with Crippen LogP contribution < -0.4 is 9.47 Å². The molecule has 122 valence electrons. The van der Waals surface area contributed by atoms with Crippen molar-refractivity contribution in [2.75, 3.05) is 27.0 Å². The van der Waals surface area contributed by atoms with Crippen LogP contribution in [0.3, 0.4) is 0 Å². The van der Waals surface area contributed by atoms with E-state index in [1.165, 1.54) is 30.5 Å². The Morgan fingerprint density at radius 2 is 2.04 bits per heavy atom. The molecule has 0 saturated carbocycles. The van der Waals surface area contributed by atoms with Gasteiger partial charge in [0, 0.05) is 18.4 Å². The Kier molecular flexibility index (Phi) is 2.79. The highest BCUT2D eigenvalue weighted by atomic mass is 16.7. The number of benzene rings is 1. The third-order valence-electron chi connectivity index (χ3n) is 6.33. The van der Waals surface area contributed by atoms with Crippen LogP contribution in [0.1, 0.15) is 36.8 Å². The van der Waals surface area contributed by atoms with Crippen LogP contribution in [0, 0.1) is 5.92 Å². The number of rotatable bonds is 1. The smallest absolute Gasteiger partial charge is 0.231 e. The molecular weight excluding hydrogens is 290 g/mol. The van der Waals surface area contributed by atoms with Gasteiger partial charge in [-0.05, 0) is 55.1 Å². The van der Waals surface area contributed by atoms with Crippen molar-refractivity contribution in [1.29, 1.82) is 0 Å². The molecule has 4 heteroatoms. The number of ether oxygens (including phenoxy) is 3. The van der Waals surface area contributed by atoms with E-state index < -0.39 is 0 Å². The third-order valence-corrected chi connectivity index (χ3v) is 6.33. The predicted octanol–water partition coefficient (Wildman–Crippen LogP) is 3.07. The van der Waals surface area contributed by atoms with Gasteiger partial charge in [0.1, 0.15) is 0 Å². The van der Waals surface area contributed by atoms with Crippen molar-refractivity contribution in [2.24, 2.45) is 5.92 Å². The van der Waals surface area contributed by atoms with Gasteiger partial charge in [0.15, 0.2) is 11.5 Å². The van der Waals surface area contributed by atoms with Crippen LogP contribution in [-0.2, 0) is 11.2 Å². The standard InChI is InChI=1S/C19H23NO3/c1-12-17(21-2)10-19-5-3-6-20(19)7-4-13-8-15-16(23-11-22-15)9-14(13)18(12)19/h8-10,12,18H,3-7,11H2,1-2H3. The molecule has 4 nitrogen and oxygen atoms in total. The fraction of sp³-hybridized carbons (Fsp3) is 0.579. The Morgan fingerprint density at radius 3 is 2.87 bits per heavy atom. The molecule has 23 heavy (non-hydrogen) atoms. The van der Waals surface area contributed by atoms with E-state index in [-0.39, 0.29) is 5.54 Å². The lowest BCUT2D eigenvalue weighted by molar-refractivity contribution is 0.154. The van der Waals surface area contributed by atoms with Gasteiger partial charge in [-0.2, -0.15) is 0 Å². The summed E-state index contributed by atoms with van der Waals surface area (Å²) in [4.78, 5) is 2.69. The second-order valence-corrected chi connectivity index (χ2v) is 7.25. The predicted molar refractivity (Wildman–Crippen MR) is 86.8 cm³/mol. The number of methoxy groups -OCH3 is 1. The number of fused-ring (bicyclic) bond motifs is 3. The molecule has 0 aromatic heterocycles. The minimum Gasteiger partial charge on any atom is -0.501 e. The van der Waals surface area contributed by atoms with Gasteiger partial charge in [-0.15, -0.1) is 0 Å². The molecule has 0 N–H and O–H groups in total. The quantitative estimate of drug-likeness (QED) is 0.797. The van der Waals surface area contributed by atoms with Gasteiger partial charge in [0.25, 0.3) is 0 Å². The van der Waals surface area contributed by atoms with Crippen molar-refractivity contribution in [3.63, 3.8) is 0 Å². The summed E-state index contributed by atoms with van der Waals surface area (Å²) in [6, 6.07) is 4.46. The first-order chi connectivity index (χ1) is 11.2. The Labute approximate surface area is 137 Å². The summed E-state index contributed by atoms with van der Waals surface area (Å²) in [5.41, 5.74) is 2.99. The van der Waals surface area contributed by atoms with Crippen LogP contribution >= 0.6 is 0 Å². The number of hydrogen-bond acceptors (Lipinski definition) is 4.